The van der Waals surface area contributed by atoms with Gasteiger partial charge in [0.05, 0.1) is 5.56 Å². The number of nitrogens with zero attached hydrogens (tertiary/aromatic N) is 1. The molecule has 0 unspecified atom stereocenters. The average Bonchev–Trinajstić information content (AvgIpc) is 2.65. The van der Waals surface area contributed by atoms with Gasteiger partial charge in [-0.15, -0.1) is 0 Å². The molecule has 2 aliphatic rings. The summed E-state index contributed by atoms with van der Waals surface area (Å²) in [7, 11) is 0. The summed E-state index contributed by atoms with van der Waals surface area (Å²) in [5.74, 6) is -0.264. The molecular formula is C20H26N2O4. The van der Waals surface area contributed by atoms with E-state index in [2.05, 4.69) is 5.32 Å². The Labute approximate surface area is 153 Å². The first kappa shape index (κ1) is 18.4. The van der Waals surface area contributed by atoms with Crippen molar-refractivity contribution in [2.24, 2.45) is 5.92 Å². The van der Waals surface area contributed by atoms with E-state index in [4.69, 9.17) is 4.74 Å². The molecule has 0 radical (unpaired) electrons. The largest absolute Gasteiger partial charge is 0.452 e. The van der Waals surface area contributed by atoms with Crippen molar-refractivity contribution in [3.05, 3.63) is 29.8 Å². The predicted molar refractivity (Wildman–Crippen MR) is 97.7 cm³/mol. The van der Waals surface area contributed by atoms with Gasteiger partial charge in [0.1, 0.15) is 0 Å². The highest BCUT2D eigenvalue weighted by Crippen LogP contribution is 2.35. The summed E-state index contributed by atoms with van der Waals surface area (Å²) < 4.78 is 5.24. The van der Waals surface area contributed by atoms with Gasteiger partial charge in [-0.1, -0.05) is 18.9 Å². The van der Waals surface area contributed by atoms with Gasteiger partial charge in [0.25, 0.3) is 5.91 Å². The topological polar surface area (TPSA) is 75.7 Å². The number of anilines is 1. The molecule has 26 heavy (non-hydrogen) atoms. The van der Waals surface area contributed by atoms with Crippen LogP contribution in [0, 0.1) is 5.92 Å². The van der Waals surface area contributed by atoms with E-state index in [9.17, 15) is 14.4 Å². The van der Waals surface area contributed by atoms with E-state index in [0.29, 0.717) is 23.2 Å². The number of hydrogen-bond donors (Lipinski definition) is 1. The number of amides is 2. The molecule has 2 amide bonds. The van der Waals surface area contributed by atoms with E-state index in [1.54, 1.807) is 24.3 Å². The van der Waals surface area contributed by atoms with Crippen LogP contribution in [0.2, 0.25) is 0 Å². The maximum Gasteiger partial charge on any atom is 0.338 e. The van der Waals surface area contributed by atoms with Crippen LogP contribution in [0.5, 0.6) is 0 Å². The van der Waals surface area contributed by atoms with Gasteiger partial charge in [-0.05, 0) is 49.8 Å². The van der Waals surface area contributed by atoms with Gasteiger partial charge in [-0.2, -0.15) is 0 Å². The lowest BCUT2D eigenvalue weighted by Crippen LogP contribution is -2.50. The molecule has 6 nitrogen and oxygen atoms in total. The van der Waals surface area contributed by atoms with Crippen LogP contribution < -0.4 is 5.32 Å². The third kappa shape index (κ3) is 4.42. The third-order valence-corrected chi connectivity index (χ3v) is 5.31. The van der Waals surface area contributed by atoms with Gasteiger partial charge in [0.15, 0.2) is 6.61 Å². The summed E-state index contributed by atoms with van der Waals surface area (Å²) in [6.07, 6.45) is 6.90. The van der Waals surface area contributed by atoms with Gasteiger partial charge in [0.2, 0.25) is 5.91 Å². The van der Waals surface area contributed by atoms with Gasteiger partial charge >= 0.3 is 5.97 Å². The van der Waals surface area contributed by atoms with Crippen LogP contribution in [0.3, 0.4) is 0 Å². The lowest BCUT2D eigenvalue weighted by atomic mass is 9.78. The number of benzene rings is 1. The summed E-state index contributed by atoms with van der Waals surface area (Å²) >= 11 is 0. The Morgan fingerprint density at radius 1 is 1.15 bits per heavy atom. The lowest BCUT2D eigenvalue weighted by molar-refractivity contribution is -0.140. The van der Waals surface area contributed by atoms with E-state index in [1.807, 2.05) is 4.90 Å². The summed E-state index contributed by atoms with van der Waals surface area (Å²) in [5.41, 5.74) is 0.845. The molecule has 140 valence electrons. The standard InChI is InChI=1S/C20H26N2O4/c1-14(23)21-17-9-4-7-16(12-17)20(25)26-13-19(24)22-11-5-8-15-6-2-3-10-18(15)22/h4,7,9,12,15,18H,2-3,5-6,8,10-11,13H2,1H3,(H,21,23)/t15-,18-/m0/s1. The molecule has 0 aromatic heterocycles. The third-order valence-electron chi connectivity index (χ3n) is 5.31. The normalized spacial score (nSPS) is 22.3. The minimum absolute atomic E-state index is 0.104. The number of carbonyl (C=O) groups excluding carboxylic acids is 3. The number of nitrogens with one attached hydrogen (secondary N) is 1. The molecule has 1 aromatic rings. The summed E-state index contributed by atoms with van der Waals surface area (Å²) in [4.78, 5) is 37.9. The lowest BCUT2D eigenvalue weighted by Gasteiger charge is -2.44. The Morgan fingerprint density at radius 3 is 2.73 bits per heavy atom. The van der Waals surface area contributed by atoms with Gasteiger partial charge < -0.3 is 15.0 Å². The molecule has 1 aliphatic heterocycles. The summed E-state index contributed by atoms with van der Waals surface area (Å²) in [6.45, 7) is 1.93. The fourth-order valence-electron chi connectivity index (χ4n) is 4.16. The Morgan fingerprint density at radius 2 is 1.92 bits per heavy atom. The highest BCUT2D eigenvalue weighted by molar-refractivity contribution is 5.94. The molecule has 0 bridgehead atoms. The number of likely N-dealkylation sites (tertiary alicyclic amines) is 1. The van der Waals surface area contributed by atoms with E-state index < -0.39 is 5.97 Å². The smallest absolute Gasteiger partial charge is 0.338 e. The quantitative estimate of drug-likeness (QED) is 0.840. The van der Waals surface area contributed by atoms with E-state index in [0.717, 1.165) is 19.4 Å². The molecule has 6 heteroatoms. The van der Waals surface area contributed by atoms with Gasteiger partial charge in [-0.3, -0.25) is 9.59 Å². The molecule has 1 saturated carbocycles. The van der Waals surface area contributed by atoms with Crippen molar-refractivity contribution >= 4 is 23.5 Å². The zero-order valence-corrected chi connectivity index (χ0v) is 15.2. The maximum atomic E-state index is 12.6. The van der Waals surface area contributed by atoms with Gasteiger partial charge in [-0.25, -0.2) is 4.79 Å². The van der Waals surface area contributed by atoms with Crippen LogP contribution in [-0.2, 0) is 14.3 Å². The fourth-order valence-corrected chi connectivity index (χ4v) is 4.16. The van der Waals surface area contributed by atoms with Crippen molar-refractivity contribution < 1.29 is 19.1 Å². The minimum Gasteiger partial charge on any atom is -0.452 e. The molecule has 1 aliphatic carbocycles. The number of piperidine rings is 1. The molecule has 1 heterocycles. The zero-order valence-electron chi connectivity index (χ0n) is 15.2. The van der Waals surface area contributed by atoms with Crippen LogP contribution in [0.15, 0.2) is 24.3 Å². The second-order valence-corrected chi connectivity index (χ2v) is 7.18. The summed E-state index contributed by atoms with van der Waals surface area (Å²) in [5, 5.41) is 2.63. The van der Waals surface area contributed by atoms with Crippen LogP contribution in [0.25, 0.3) is 0 Å². The van der Waals surface area contributed by atoms with Crippen molar-refractivity contribution in [1.82, 2.24) is 4.90 Å². The van der Waals surface area contributed by atoms with E-state index in [-0.39, 0.29) is 18.4 Å². The zero-order chi connectivity index (χ0) is 18.5. The van der Waals surface area contributed by atoms with E-state index >= 15 is 0 Å². The van der Waals surface area contributed by atoms with Crippen molar-refractivity contribution in [1.29, 1.82) is 0 Å². The molecule has 1 N–H and O–H groups in total. The second kappa shape index (κ2) is 8.34. The van der Waals surface area contributed by atoms with Crippen LogP contribution >= 0.6 is 0 Å². The molecule has 1 saturated heterocycles. The highest BCUT2D eigenvalue weighted by Gasteiger charge is 2.35. The number of esters is 1. The molecule has 2 fully saturated rings. The first-order valence-corrected chi connectivity index (χ1v) is 9.39. The summed E-state index contributed by atoms with van der Waals surface area (Å²) in [6, 6.07) is 6.83. The highest BCUT2D eigenvalue weighted by atomic mass is 16.5. The number of carbonyl (C=O) groups is 3. The van der Waals surface area contributed by atoms with Crippen LogP contribution in [-0.4, -0.2) is 41.9 Å². The monoisotopic (exact) mass is 358 g/mol. The molecule has 2 atom stereocenters. The molecule has 0 spiro atoms. The van der Waals surface area contributed by atoms with Crippen molar-refractivity contribution in [2.75, 3.05) is 18.5 Å². The second-order valence-electron chi connectivity index (χ2n) is 7.18. The Hall–Kier alpha value is -2.37. The Kier molecular flexibility index (Phi) is 5.91. The predicted octanol–water partition coefficient (Wildman–Crippen LogP) is 2.98. The minimum atomic E-state index is -0.553. The Balaban J connectivity index is 1.57. The first-order valence-electron chi connectivity index (χ1n) is 9.39. The van der Waals surface area contributed by atoms with E-state index in [1.165, 1.54) is 32.6 Å². The number of fused-ring (bicyclic) bond motifs is 1. The average molecular weight is 358 g/mol. The first-order chi connectivity index (χ1) is 12.5. The van der Waals surface area contributed by atoms with Crippen molar-refractivity contribution in [3.63, 3.8) is 0 Å². The van der Waals surface area contributed by atoms with Crippen molar-refractivity contribution in [3.8, 4) is 0 Å². The Bertz CT molecular complexity index is 686. The van der Waals surface area contributed by atoms with Crippen LogP contribution in [0.4, 0.5) is 5.69 Å². The SMILES string of the molecule is CC(=O)Nc1cccc(C(=O)OCC(=O)N2CCC[C@@H]3CCCC[C@@H]32)c1. The fraction of sp³-hybridized carbons (Fsp3) is 0.550. The van der Waals surface area contributed by atoms with Crippen LogP contribution in [0.1, 0.15) is 55.8 Å². The molecule has 3 rings (SSSR count). The maximum absolute atomic E-state index is 12.6. The van der Waals surface area contributed by atoms with Crippen molar-refractivity contribution in [2.45, 2.75) is 51.5 Å². The number of rotatable bonds is 4. The number of ether oxygens (including phenoxy) is 1. The molecule has 1 aromatic carbocycles. The molecular weight excluding hydrogens is 332 g/mol. The number of hydrogen-bond acceptors (Lipinski definition) is 4. The van der Waals surface area contributed by atoms with Gasteiger partial charge in [0, 0.05) is 25.2 Å².